The molecule has 0 fully saturated rings. The highest BCUT2D eigenvalue weighted by Crippen LogP contribution is 2.17. The van der Waals surface area contributed by atoms with Gasteiger partial charge in [-0.25, -0.2) is 9.97 Å². The smallest absolute Gasteiger partial charge is 0.274 e. The van der Waals surface area contributed by atoms with Crippen LogP contribution in [0, 0.1) is 0 Å². The normalized spacial score (nSPS) is 12.3. The summed E-state index contributed by atoms with van der Waals surface area (Å²) in [4.78, 5) is 20.6. The second-order valence-electron chi connectivity index (χ2n) is 4.69. The molecule has 2 aromatic heterocycles. The number of carbonyl (C=O) groups is 1. The maximum Gasteiger partial charge on any atom is 0.274 e. The van der Waals surface area contributed by atoms with Crippen LogP contribution in [0.4, 0.5) is 0 Å². The third kappa shape index (κ3) is 2.89. The van der Waals surface area contributed by atoms with Gasteiger partial charge in [0.15, 0.2) is 12.1 Å². The van der Waals surface area contributed by atoms with Gasteiger partial charge >= 0.3 is 0 Å². The lowest BCUT2D eigenvalue weighted by Crippen LogP contribution is -2.31. The lowest BCUT2D eigenvalue weighted by atomic mass is 10.1. The van der Waals surface area contributed by atoms with Gasteiger partial charge < -0.3 is 14.3 Å². The summed E-state index contributed by atoms with van der Waals surface area (Å²) in [6.45, 7) is 4.01. The molecule has 0 aliphatic rings. The summed E-state index contributed by atoms with van der Waals surface area (Å²) in [5, 5.41) is 2.99. The van der Waals surface area contributed by atoms with Gasteiger partial charge in [-0.1, -0.05) is 20.3 Å². The van der Waals surface area contributed by atoms with Gasteiger partial charge in [-0.05, 0) is 6.42 Å². The second kappa shape index (κ2) is 6.36. The summed E-state index contributed by atoms with van der Waals surface area (Å²) < 4.78 is 7.12. The Morgan fingerprint density at radius 3 is 2.85 bits per heavy atom. The van der Waals surface area contributed by atoms with Crippen molar-refractivity contribution in [3.63, 3.8) is 0 Å². The molecule has 0 radical (unpaired) electrons. The number of carbonyl (C=O) groups excluding carboxylic acids is 1. The number of imidazole rings is 1. The van der Waals surface area contributed by atoms with Gasteiger partial charge in [-0.3, -0.25) is 4.79 Å². The van der Waals surface area contributed by atoms with Crippen LogP contribution in [0.5, 0.6) is 0 Å². The van der Waals surface area contributed by atoms with Crippen LogP contribution in [-0.2, 0) is 13.5 Å². The van der Waals surface area contributed by atoms with E-state index in [9.17, 15) is 4.79 Å². The molecule has 2 aromatic rings. The minimum atomic E-state index is -0.211. The van der Waals surface area contributed by atoms with Crippen molar-refractivity contribution in [1.82, 2.24) is 19.9 Å². The van der Waals surface area contributed by atoms with Crippen LogP contribution >= 0.6 is 0 Å². The van der Waals surface area contributed by atoms with E-state index in [1.54, 1.807) is 6.20 Å². The fourth-order valence-corrected chi connectivity index (χ4v) is 2.20. The quantitative estimate of drug-likeness (QED) is 0.878. The van der Waals surface area contributed by atoms with E-state index in [4.69, 9.17) is 4.42 Å². The number of hydrogen-bond donors (Lipinski definition) is 1. The minimum Gasteiger partial charge on any atom is -0.448 e. The zero-order valence-corrected chi connectivity index (χ0v) is 12.1. The molecule has 0 bridgehead atoms. The molecule has 1 amide bonds. The van der Waals surface area contributed by atoms with Gasteiger partial charge in [0.2, 0.25) is 0 Å². The highest BCUT2D eigenvalue weighted by atomic mass is 16.3. The first-order valence-corrected chi connectivity index (χ1v) is 6.87. The van der Waals surface area contributed by atoms with Gasteiger partial charge in [0.25, 0.3) is 5.91 Å². The molecule has 2 heterocycles. The molecule has 0 saturated heterocycles. The Bertz CT molecular complexity index is 573. The molecule has 6 nitrogen and oxygen atoms in total. The largest absolute Gasteiger partial charge is 0.448 e. The third-order valence-corrected chi connectivity index (χ3v) is 3.23. The van der Waals surface area contributed by atoms with Crippen molar-refractivity contribution in [3.05, 3.63) is 36.1 Å². The molecule has 1 atom stereocenters. The fourth-order valence-electron chi connectivity index (χ4n) is 2.20. The molecule has 0 aliphatic carbocycles. The van der Waals surface area contributed by atoms with Crippen molar-refractivity contribution in [2.24, 2.45) is 7.05 Å². The van der Waals surface area contributed by atoms with Crippen molar-refractivity contribution in [3.8, 4) is 0 Å². The molecule has 20 heavy (non-hydrogen) atoms. The van der Waals surface area contributed by atoms with Crippen LogP contribution in [0.2, 0.25) is 0 Å². The third-order valence-electron chi connectivity index (χ3n) is 3.23. The Morgan fingerprint density at radius 1 is 1.45 bits per heavy atom. The van der Waals surface area contributed by atoms with E-state index in [1.165, 1.54) is 6.39 Å². The average Bonchev–Trinajstić information content (AvgIpc) is 3.06. The summed E-state index contributed by atoms with van der Waals surface area (Å²) in [6.07, 6.45) is 7.34. The summed E-state index contributed by atoms with van der Waals surface area (Å²) in [5.41, 5.74) is 0.364. The lowest BCUT2D eigenvalue weighted by Gasteiger charge is -2.17. The topological polar surface area (TPSA) is 73.0 Å². The number of aryl methyl sites for hydroxylation is 2. The van der Waals surface area contributed by atoms with Crippen LogP contribution in [-0.4, -0.2) is 20.4 Å². The van der Waals surface area contributed by atoms with Gasteiger partial charge in [0, 0.05) is 25.9 Å². The average molecular weight is 276 g/mol. The zero-order valence-electron chi connectivity index (χ0n) is 12.1. The van der Waals surface area contributed by atoms with Gasteiger partial charge in [-0.2, -0.15) is 0 Å². The Hall–Kier alpha value is -2.11. The van der Waals surface area contributed by atoms with E-state index in [1.807, 2.05) is 24.7 Å². The number of amides is 1. The fraction of sp³-hybridized carbons (Fsp3) is 0.500. The van der Waals surface area contributed by atoms with Crippen LogP contribution in [0.15, 0.2) is 23.2 Å². The van der Waals surface area contributed by atoms with Crippen LogP contribution < -0.4 is 5.32 Å². The monoisotopic (exact) mass is 276 g/mol. The van der Waals surface area contributed by atoms with Gasteiger partial charge in [0.1, 0.15) is 11.6 Å². The van der Waals surface area contributed by atoms with E-state index >= 15 is 0 Å². The van der Waals surface area contributed by atoms with E-state index in [0.717, 1.165) is 18.7 Å². The van der Waals surface area contributed by atoms with Crippen LogP contribution in [0.1, 0.15) is 54.8 Å². The summed E-state index contributed by atoms with van der Waals surface area (Å²) >= 11 is 0. The van der Waals surface area contributed by atoms with Crippen LogP contribution in [0.25, 0.3) is 0 Å². The Balaban J connectivity index is 2.16. The van der Waals surface area contributed by atoms with Crippen molar-refractivity contribution < 1.29 is 9.21 Å². The number of hydrogen-bond acceptors (Lipinski definition) is 4. The highest BCUT2D eigenvalue weighted by molar-refractivity contribution is 5.93. The molecule has 108 valence electrons. The Kier molecular flexibility index (Phi) is 4.55. The second-order valence-corrected chi connectivity index (χ2v) is 4.69. The maximum absolute atomic E-state index is 12.3. The predicted octanol–water partition coefficient (Wildman–Crippen LogP) is 2.24. The van der Waals surface area contributed by atoms with Crippen LogP contribution in [0.3, 0.4) is 0 Å². The highest BCUT2D eigenvalue weighted by Gasteiger charge is 2.22. The van der Waals surface area contributed by atoms with E-state index in [0.29, 0.717) is 17.9 Å². The number of rotatable bonds is 6. The first kappa shape index (κ1) is 14.3. The number of nitrogens with one attached hydrogen (secondary N) is 1. The molecule has 0 spiro atoms. The van der Waals surface area contributed by atoms with Crippen molar-refractivity contribution in [2.75, 3.05) is 0 Å². The molecule has 1 N–H and O–H groups in total. The lowest BCUT2D eigenvalue weighted by molar-refractivity contribution is 0.0925. The van der Waals surface area contributed by atoms with E-state index < -0.39 is 0 Å². The van der Waals surface area contributed by atoms with Gasteiger partial charge in [0.05, 0.1) is 6.04 Å². The number of oxazole rings is 1. The number of nitrogens with zero attached hydrogens (tertiary/aromatic N) is 3. The molecule has 0 saturated carbocycles. The summed E-state index contributed by atoms with van der Waals surface area (Å²) in [5.74, 6) is 1.25. The zero-order chi connectivity index (χ0) is 14.5. The van der Waals surface area contributed by atoms with Crippen molar-refractivity contribution in [2.45, 2.75) is 39.2 Å². The van der Waals surface area contributed by atoms with Crippen molar-refractivity contribution in [1.29, 1.82) is 0 Å². The molecule has 0 aliphatic heterocycles. The Labute approximate surface area is 118 Å². The molecular weight excluding hydrogens is 256 g/mol. The maximum atomic E-state index is 12.3. The molecule has 6 heteroatoms. The molecule has 2 rings (SSSR count). The molecule has 1 unspecified atom stereocenters. The van der Waals surface area contributed by atoms with E-state index in [-0.39, 0.29) is 11.9 Å². The first-order chi connectivity index (χ1) is 9.67. The first-order valence-electron chi connectivity index (χ1n) is 6.87. The molecular formula is C14H20N4O2. The Morgan fingerprint density at radius 2 is 2.25 bits per heavy atom. The number of aromatic nitrogens is 3. The standard InChI is InChI=1S/C14H20N4O2/c1-4-6-10(13-15-7-8-18(13)3)17-14(19)12-11(5-2)20-9-16-12/h7-10H,4-6H2,1-3H3,(H,17,19). The minimum absolute atomic E-state index is 0.117. The summed E-state index contributed by atoms with van der Waals surface area (Å²) in [6, 6.07) is -0.117. The van der Waals surface area contributed by atoms with E-state index in [2.05, 4.69) is 22.2 Å². The predicted molar refractivity (Wildman–Crippen MR) is 74.2 cm³/mol. The van der Waals surface area contributed by atoms with Crippen molar-refractivity contribution >= 4 is 5.91 Å². The summed E-state index contributed by atoms with van der Waals surface area (Å²) in [7, 11) is 1.92. The molecule has 0 aromatic carbocycles. The SMILES string of the molecule is CCCC(NC(=O)c1ncoc1CC)c1nccn1C. The van der Waals surface area contributed by atoms with Gasteiger partial charge in [-0.15, -0.1) is 0 Å².